The highest BCUT2D eigenvalue weighted by atomic mass is 15.2. The smallest absolute Gasteiger partial charge is 0.0252 e. The Kier molecular flexibility index (Phi) is 4.19. The molecule has 1 aliphatic rings. The van der Waals surface area contributed by atoms with Crippen molar-refractivity contribution < 1.29 is 0 Å². The van der Waals surface area contributed by atoms with Crippen molar-refractivity contribution in [1.29, 1.82) is 0 Å². The highest BCUT2D eigenvalue weighted by molar-refractivity contribution is 4.99. The second kappa shape index (κ2) is 4.84. The van der Waals surface area contributed by atoms with Crippen LogP contribution in [0, 0.1) is 5.41 Å². The maximum Gasteiger partial charge on any atom is 0.0252 e. The molecule has 0 aromatic rings. The zero-order chi connectivity index (χ0) is 11.6. The molecule has 2 nitrogen and oxygen atoms in total. The molecule has 90 valence electrons. The molecule has 0 aliphatic heterocycles. The number of rotatable bonds is 4. The standard InChI is InChI=1S/C13H28N2/c1-6-10(7-2)15(5)11-8-9-13(3,4)12(11)14/h10-12H,6-9,14H2,1-5H3. The van der Waals surface area contributed by atoms with Gasteiger partial charge < -0.3 is 5.73 Å². The van der Waals surface area contributed by atoms with Crippen LogP contribution in [-0.2, 0) is 0 Å². The summed E-state index contributed by atoms with van der Waals surface area (Å²) in [5, 5.41) is 0. The van der Waals surface area contributed by atoms with Crippen LogP contribution in [0.25, 0.3) is 0 Å². The Bertz CT molecular complexity index is 197. The molecule has 1 rings (SSSR count). The van der Waals surface area contributed by atoms with Crippen molar-refractivity contribution in [2.24, 2.45) is 11.1 Å². The Hall–Kier alpha value is -0.0800. The fourth-order valence-corrected chi connectivity index (χ4v) is 2.98. The quantitative estimate of drug-likeness (QED) is 0.776. The van der Waals surface area contributed by atoms with E-state index in [2.05, 4.69) is 39.6 Å². The van der Waals surface area contributed by atoms with Crippen LogP contribution >= 0.6 is 0 Å². The lowest BCUT2D eigenvalue weighted by atomic mass is 9.87. The number of hydrogen-bond donors (Lipinski definition) is 1. The van der Waals surface area contributed by atoms with Gasteiger partial charge in [0.2, 0.25) is 0 Å². The molecule has 15 heavy (non-hydrogen) atoms. The zero-order valence-corrected chi connectivity index (χ0v) is 11.1. The first-order chi connectivity index (χ1) is 6.94. The first-order valence-electron chi connectivity index (χ1n) is 6.41. The maximum atomic E-state index is 6.36. The van der Waals surface area contributed by atoms with E-state index in [1.54, 1.807) is 0 Å². The summed E-state index contributed by atoms with van der Waals surface area (Å²) in [6, 6.07) is 1.63. The molecular weight excluding hydrogens is 184 g/mol. The molecule has 1 fully saturated rings. The summed E-state index contributed by atoms with van der Waals surface area (Å²) in [4.78, 5) is 2.53. The van der Waals surface area contributed by atoms with Crippen LogP contribution in [0.3, 0.4) is 0 Å². The van der Waals surface area contributed by atoms with Crippen LogP contribution < -0.4 is 5.73 Å². The fraction of sp³-hybridized carbons (Fsp3) is 1.00. The van der Waals surface area contributed by atoms with E-state index in [4.69, 9.17) is 5.73 Å². The number of hydrogen-bond acceptors (Lipinski definition) is 2. The van der Waals surface area contributed by atoms with E-state index < -0.39 is 0 Å². The minimum Gasteiger partial charge on any atom is -0.326 e. The Morgan fingerprint density at radius 3 is 2.20 bits per heavy atom. The SMILES string of the molecule is CCC(CC)N(C)C1CCC(C)(C)C1N. The number of nitrogens with zero attached hydrogens (tertiary/aromatic N) is 1. The summed E-state index contributed by atoms with van der Waals surface area (Å²) < 4.78 is 0. The Labute approximate surface area is 95.2 Å². The molecule has 2 atom stereocenters. The monoisotopic (exact) mass is 212 g/mol. The molecule has 0 amide bonds. The van der Waals surface area contributed by atoms with Crippen LogP contribution in [0.15, 0.2) is 0 Å². The van der Waals surface area contributed by atoms with Gasteiger partial charge in [0.05, 0.1) is 0 Å². The molecule has 0 heterocycles. The molecule has 0 aromatic carbocycles. The van der Waals surface area contributed by atoms with Crippen LogP contribution in [0.1, 0.15) is 53.4 Å². The molecule has 2 N–H and O–H groups in total. The van der Waals surface area contributed by atoms with Gasteiger partial charge in [-0.3, -0.25) is 4.90 Å². The molecular formula is C13H28N2. The molecule has 0 saturated heterocycles. The summed E-state index contributed by atoms with van der Waals surface area (Å²) in [6.07, 6.45) is 5.00. The van der Waals surface area contributed by atoms with Crippen LogP contribution in [0.5, 0.6) is 0 Å². The maximum absolute atomic E-state index is 6.36. The predicted octanol–water partition coefficient (Wildman–Crippen LogP) is 2.62. The number of nitrogens with two attached hydrogens (primary N) is 1. The van der Waals surface area contributed by atoms with Gasteiger partial charge in [-0.05, 0) is 38.1 Å². The first kappa shape index (κ1) is 13.0. The Morgan fingerprint density at radius 1 is 1.33 bits per heavy atom. The van der Waals surface area contributed by atoms with E-state index in [9.17, 15) is 0 Å². The first-order valence-corrected chi connectivity index (χ1v) is 6.41. The lowest BCUT2D eigenvalue weighted by molar-refractivity contribution is 0.138. The highest BCUT2D eigenvalue weighted by Gasteiger charge is 2.42. The summed E-state index contributed by atoms with van der Waals surface area (Å²) in [7, 11) is 2.25. The summed E-state index contributed by atoms with van der Waals surface area (Å²) in [5.41, 5.74) is 6.69. The Balaban J connectivity index is 2.65. The summed E-state index contributed by atoms with van der Waals surface area (Å²) in [6.45, 7) is 9.16. The van der Waals surface area contributed by atoms with E-state index in [0.29, 0.717) is 23.5 Å². The largest absolute Gasteiger partial charge is 0.326 e. The van der Waals surface area contributed by atoms with Crippen molar-refractivity contribution in [2.45, 2.75) is 71.5 Å². The van der Waals surface area contributed by atoms with Crippen molar-refractivity contribution in [1.82, 2.24) is 4.90 Å². The van der Waals surface area contributed by atoms with Crippen molar-refractivity contribution in [3.8, 4) is 0 Å². The van der Waals surface area contributed by atoms with Gasteiger partial charge in [-0.15, -0.1) is 0 Å². The molecule has 0 spiro atoms. The van der Waals surface area contributed by atoms with Gasteiger partial charge in [0.25, 0.3) is 0 Å². The normalized spacial score (nSPS) is 30.4. The summed E-state index contributed by atoms with van der Waals surface area (Å²) in [5.74, 6) is 0. The molecule has 0 radical (unpaired) electrons. The van der Waals surface area contributed by atoms with Crippen LogP contribution in [0.4, 0.5) is 0 Å². The average Bonchev–Trinajstić information content (AvgIpc) is 2.44. The van der Waals surface area contributed by atoms with Crippen molar-refractivity contribution in [3.63, 3.8) is 0 Å². The lowest BCUT2D eigenvalue weighted by Crippen LogP contribution is -2.50. The van der Waals surface area contributed by atoms with E-state index in [1.165, 1.54) is 25.7 Å². The van der Waals surface area contributed by atoms with Gasteiger partial charge in [-0.2, -0.15) is 0 Å². The summed E-state index contributed by atoms with van der Waals surface area (Å²) >= 11 is 0. The van der Waals surface area contributed by atoms with Crippen molar-refractivity contribution >= 4 is 0 Å². The van der Waals surface area contributed by atoms with E-state index in [1.807, 2.05) is 0 Å². The van der Waals surface area contributed by atoms with Gasteiger partial charge in [0, 0.05) is 18.1 Å². The topological polar surface area (TPSA) is 29.3 Å². The minimum atomic E-state index is 0.324. The second-order valence-corrected chi connectivity index (χ2v) is 5.76. The predicted molar refractivity (Wildman–Crippen MR) is 66.9 cm³/mol. The molecule has 2 heteroatoms. The average molecular weight is 212 g/mol. The molecule has 0 bridgehead atoms. The van der Waals surface area contributed by atoms with E-state index in [0.717, 1.165) is 0 Å². The highest BCUT2D eigenvalue weighted by Crippen LogP contribution is 2.39. The molecule has 2 unspecified atom stereocenters. The van der Waals surface area contributed by atoms with Gasteiger partial charge in [-0.25, -0.2) is 0 Å². The van der Waals surface area contributed by atoms with Crippen molar-refractivity contribution in [2.75, 3.05) is 7.05 Å². The van der Waals surface area contributed by atoms with Crippen molar-refractivity contribution in [3.05, 3.63) is 0 Å². The third-order valence-corrected chi connectivity index (χ3v) is 4.44. The van der Waals surface area contributed by atoms with Gasteiger partial charge in [-0.1, -0.05) is 27.7 Å². The third-order valence-electron chi connectivity index (χ3n) is 4.44. The van der Waals surface area contributed by atoms with Gasteiger partial charge in [0.15, 0.2) is 0 Å². The van der Waals surface area contributed by atoms with E-state index in [-0.39, 0.29) is 0 Å². The molecule has 1 saturated carbocycles. The second-order valence-electron chi connectivity index (χ2n) is 5.76. The van der Waals surface area contributed by atoms with E-state index >= 15 is 0 Å². The molecule has 0 aromatic heterocycles. The zero-order valence-electron chi connectivity index (χ0n) is 11.1. The lowest BCUT2D eigenvalue weighted by Gasteiger charge is -2.37. The molecule has 1 aliphatic carbocycles. The minimum absolute atomic E-state index is 0.324. The van der Waals surface area contributed by atoms with Crippen LogP contribution in [-0.4, -0.2) is 30.1 Å². The van der Waals surface area contributed by atoms with Gasteiger partial charge >= 0.3 is 0 Å². The van der Waals surface area contributed by atoms with Crippen LogP contribution in [0.2, 0.25) is 0 Å². The number of likely N-dealkylation sites (N-methyl/N-ethyl adjacent to an activating group) is 1. The van der Waals surface area contributed by atoms with Gasteiger partial charge in [0.1, 0.15) is 0 Å². The third kappa shape index (κ3) is 2.54. The fourth-order valence-electron chi connectivity index (χ4n) is 2.98. The Morgan fingerprint density at radius 2 is 1.87 bits per heavy atom.